The summed E-state index contributed by atoms with van der Waals surface area (Å²) in [6.45, 7) is 2.31. The molecule has 0 saturated heterocycles. The van der Waals surface area contributed by atoms with Gasteiger partial charge in [0, 0.05) is 0 Å². The fourth-order valence-electron chi connectivity index (χ4n) is 7.42. The predicted octanol–water partition coefficient (Wildman–Crippen LogP) is 5.60. The van der Waals surface area contributed by atoms with Crippen LogP contribution in [-0.4, -0.2) is 16.1 Å². The van der Waals surface area contributed by atoms with Gasteiger partial charge in [0.25, 0.3) is 0 Å². The molecular weight excluding hydrogens is 573 g/mol. The molecule has 6 aromatic rings. The molecule has 0 saturated carbocycles. The minimum absolute atomic E-state index is 0.559. The van der Waals surface area contributed by atoms with Gasteiger partial charge in [-0.25, -0.2) is 0 Å². The second-order valence-corrected chi connectivity index (χ2v) is 19.8. The van der Waals surface area contributed by atoms with E-state index in [9.17, 15) is 0 Å². The molecule has 0 radical (unpaired) electrons. The van der Waals surface area contributed by atoms with Gasteiger partial charge in [0.2, 0.25) is 0 Å². The van der Waals surface area contributed by atoms with Crippen molar-refractivity contribution >= 4 is 52.5 Å². The van der Waals surface area contributed by atoms with Crippen LogP contribution in [0.25, 0.3) is 0 Å². The van der Waals surface area contributed by atoms with Crippen molar-refractivity contribution < 1.29 is 0 Å². The van der Waals surface area contributed by atoms with Crippen LogP contribution in [0.1, 0.15) is 13.3 Å². The normalized spacial score (nSPS) is 15.0. The van der Waals surface area contributed by atoms with Gasteiger partial charge in [0.15, 0.2) is 16.1 Å². The Labute approximate surface area is 270 Å². The molecule has 1 atom stereocenters. The van der Waals surface area contributed by atoms with Crippen molar-refractivity contribution in [2.24, 2.45) is 5.92 Å². The van der Waals surface area contributed by atoms with Crippen LogP contribution in [0.4, 0.5) is 0 Å². The molecule has 0 bridgehead atoms. The standard InChI is InChI=1S/C43H38Si2/c1-35-27-29-41(30-28-35)45(39-23-13-5-14-24-39,40-25-15-6-16-26-40)43-33-31-42(32-34-43)44(36-17-7-2-8-18-36,37-19-9-3-10-20-37)38-21-11-4-12-22-38/h2-27,29-35H,28H2,1H3. The molecule has 45 heavy (non-hydrogen) atoms. The van der Waals surface area contributed by atoms with E-state index in [1.807, 2.05) is 0 Å². The molecule has 6 aromatic carbocycles. The fraction of sp³-hybridized carbons (Fsp3) is 0.0698. The third-order valence-electron chi connectivity index (χ3n) is 9.53. The Hall–Kier alpha value is -4.77. The molecule has 0 nitrogen and oxygen atoms in total. The lowest BCUT2D eigenvalue weighted by molar-refractivity contribution is 0.734. The van der Waals surface area contributed by atoms with Crippen LogP contribution >= 0.6 is 0 Å². The van der Waals surface area contributed by atoms with Crippen LogP contribution < -0.4 is 36.3 Å². The van der Waals surface area contributed by atoms with Crippen LogP contribution in [0.15, 0.2) is 199 Å². The molecule has 0 aromatic heterocycles. The summed E-state index contributed by atoms with van der Waals surface area (Å²) >= 11 is 0. The van der Waals surface area contributed by atoms with Crippen molar-refractivity contribution in [1.82, 2.24) is 0 Å². The molecule has 2 heteroatoms. The van der Waals surface area contributed by atoms with Crippen molar-refractivity contribution in [3.05, 3.63) is 199 Å². The summed E-state index contributed by atoms with van der Waals surface area (Å²) in [7, 11) is -5.19. The number of benzene rings is 6. The largest absolute Gasteiger partial charge is 0.179 e. The maximum atomic E-state index is 2.53. The number of allylic oxidation sites excluding steroid dienone is 4. The Morgan fingerprint density at radius 1 is 0.378 bits per heavy atom. The molecule has 0 spiro atoms. The summed E-state index contributed by atoms with van der Waals surface area (Å²) in [5.41, 5.74) is 0. The van der Waals surface area contributed by atoms with E-state index in [0.29, 0.717) is 5.92 Å². The number of hydrogen-bond donors (Lipinski definition) is 0. The molecule has 0 aliphatic heterocycles. The highest BCUT2D eigenvalue weighted by molar-refractivity contribution is 7.20. The lowest BCUT2D eigenvalue weighted by atomic mass is 10.0. The van der Waals surface area contributed by atoms with Crippen molar-refractivity contribution in [1.29, 1.82) is 0 Å². The van der Waals surface area contributed by atoms with E-state index >= 15 is 0 Å². The van der Waals surface area contributed by atoms with Crippen molar-refractivity contribution in [3.8, 4) is 0 Å². The van der Waals surface area contributed by atoms with Gasteiger partial charge in [0.05, 0.1) is 0 Å². The Balaban J connectivity index is 1.51. The minimum Gasteiger partial charge on any atom is -0.0836 e. The van der Waals surface area contributed by atoms with Gasteiger partial charge in [0.1, 0.15) is 0 Å². The Bertz CT molecular complexity index is 1760. The van der Waals surface area contributed by atoms with Crippen LogP contribution in [0.2, 0.25) is 0 Å². The molecule has 0 N–H and O–H groups in total. The summed E-state index contributed by atoms with van der Waals surface area (Å²) in [4.78, 5) is 0. The zero-order valence-corrected chi connectivity index (χ0v) is 27.8. The van der Waals surface area contributed by atoms with E-state index < -0.39 is 16.1 Å². The summed E-state index contributed by atoms with van der Waals surface area (Å²) in [6, 6.07) is 66.1. The Morgan fingerprint density at radius 3 is 0.978 bits per heavy atom. The average Bonchev–Trinajstić information content (AvgIpc) is 3.13. The van der Waals surface area contributed by atoms with Gasteiger partial charge < -0.3 is 0 Å². The van der Waals surface area contributed by atoms with Gasteiger partial charge >= 0.3 is 0 Å². The quantitative estimate of drug-likeness (QED) is 0.156. The maximum absolute atomic E-state index is 2.60. The molecule has 1 aliphatic carbocycles. The van der Waals surface area contributed by atoms with E-state index in [0.717, 1.165) is 6.42 Å². The second-order valence-electron chi connectivity index (χ2n) is 12.1. The van der Waals surface area contributed by atoms with E-state index in [1.165, 1.54) is 41.5 Å². The Morgan fingerprint density at radius 2 is 0.667 bits per heavy atom. The molecule has 0 fully saturated rings. The van der Waals surface area contributed by atoms with Crippen molar-refractivity contribution in [2.45, 2.75) is 13.3 Å². The van der Waals surface area contributed by atoms with Gasteiger partial charge in [-0.2, -0.15) is 0 Å². The van der Waals surface area contributed by atoms with E-state index in [2.05, 4.69) is 201 Å². The van der Waals surface area contributed by atoms with E-state index in [-0.39, 0.29) is 0 Å². The van der Waals surface area contributed by atoms with Crippen LogP contribution in [-0.2, 0) is 0 Å². The van der Waals surface area contributed by atoms with Crippen LogP contribution in [0.5, 0.6) is 0 Å². The molecular formula is C43H38Si2. The monoisotopic (exact) mass is 610 g/mol. The lowest BCUT2D eigenvalue weighted by Crippen LogP contribution is -2.75. The third kappa shape index (κ3) is 5.10. The van der Waals surface area contributed by atoms with E-state index in [1.54, 1.807) is 0 Å². The molecule has 1 unspecified atom stereocenters. The molecule has 7 rings (SSSR count). The lowest BCUT2D eigenvalue weighted by Gasteiger charge is -2.38. The maximum Gasteiger partial charge on any atom is 0.179 e. The van der Waals surface area contributed by atoms with Crippen molar-refractivity contribution in [2.75, 3.05) is 0 Å². The summed E-state index contributed by atoms with van der Waals surface area (Å²) in [5.74, 6) is 0.559. The smallest absolute Gasteiger partial charge is 0.0836 e. The topological polar surface area (TPSA) is 0 Å². The highest BCUT2D eigenvalue weighted by Crippen LogP contribution is 2.25. The third-order valence-corrected chi connectivity index (χ3v) is 19.2. The minimum atomic E-state index is -2.60. The second kappa shape index (κ2) is 12.7. The van der Waals surface area contributed by atoms with Gasteiger partial charge in [-0.3, -0.25) is 0 Å². The molecule has 0 heterocycles. The van der Waals surface area contributed by atoms with Gasteiger partial charge in [-0.15, -0.1) is 0 Å². The molecule has 1 aliphatic rings. The van der Waals surface area contributed by atoms with Crippen LogP contribution in [0.3, 0.4) is 0 Å². The highest BCUT2D eigenvalue weighted by Gasteiger charge is 2.44. The predicted molar refractivity (Wildman–Crippen MR) is 199 cm³/mol. The first kappa shape index (κ1) is 29.0. The first-order valence-electron chi connectivity index (χ1n) is 16.0. The first-order chi connectivity index (χ1) is 22.2. The summed E-state index contributed by atoms with van der Waals surface area (Å²) in [5, 5.41) is 11.3. The van der Waals surface area contributed by atoms with Crippen molar-refractivity contribution in [3.63, 3.8) is 0 Å². The van der Waals surface area contributed by atoms with Gasteiger partial charge in [-0.1, -0.05) is 201 Å². The number of hydrogen-bond acceptors (Lipinski definition) is 0. The molecule has 218 valence electrons. The SMILES string of the molecule is CC1C=CC([Si](c2ccccc2)(c2ccccc2)c2ccc([Si](c3ccccc3)(c3ccccc3)c3ccccc3)cc2)=CC1. The molecule has 0 amide bonds. The van der Waals surface area contributed by atoms with E-state index in [4.69, 9.17) is 0 Å². The van der Waals surface area contributed by atoms with Crippen LogP contribution in [0, 0.1) is 5.92 Å². The zero-order valence-electron chi connectivity index (χ0n) is 25.8. The Kier molecular flexibility index (Phi) is 8.17. The number of rotatable bonds is 8. The van der Waals surface area contributed by atoms with Gasteiger partial charge in [-0.05, 0) is 53.8 Å². The first-order valence-corrected chi connectivity index (χ1v) is 20.0. The average molecular weight is 611 g/mol. The zero-order chi connectivity index (χ0) is 30.5. The summed E-state index contributed by atoms with van der Waals surface area (Å²) < 4.78 is 0. The fourth-order valence-corrected chi connectivity index (χ4v) is 17.0. The highest BCUT2D eigenvalue weighted by atomic mass is 28.3. The summed E-state index contributed by atoms with van der Waals surface area (Å²) in [6.07, 6.45) is 8.45.